The van der Waals surface area contributed by atoms with Crippen molar-refractivity contribution in [2.75, 3.05) is 12.4 Å². The van der Waals surface area contributed by atoms with Crippen LogP contribution >= 0.6 is 12.6 Å². The van der Waals surface area contributed by atoms with Crippen molar-refractivity contribution in [3.63, 3.8) is 0 Å². The highest BCUT2D eigenvalue weighted by Crippen LogP contribution is 2.19. The zero-order valence-electron chi connectivity index (χ0n) is 7.00. The molecule has 1 heterocycles. The van der Waals surface area contributed by atoms with Crippen LogP contribution in [0.1, 0.15) is 13.8 Å². The van der Waals surface area contributed by atoms with Gasteiger partial charge in [-0.15, -0.1) is 0 Å². The fourth-order valence-corrected chi connectivity index (χ4v) is 3.71. The average molecular weight is 186 g/mol. The van der Waals surface area contributed by atoms with Gasteiger partial charge >= 0.3 is 0 Å². The molecule has 0 aromatic carbocycles. The summed E-state index contributed by atoms with van der Waals surface area (Å²) in [6, 6.07) is 0. The summed E-state index contributed by atoms with van der Waals surface area (Å²) in [5, 5.41) is 1.45. The van der Waals surface area contributed by atoms with E-state index >= 15 is 0 Å². The molecule has 62 valence electrons. The molecule has 0 saturated heterocycles. The van der Waals surface area contributed by atoms with Crippen LogP contribution in [-0.2, 0) is 4.43 Å². The fourth-order valence-electron chi connectivity index (χ4n) is 1.20. The Hall–Kier alpha value is 0.00688. The normalized spacial score (nSPS) is 23.4. The number of hydrogen-bond donors (Lipinski definition) is 1. The molecule has 3 heteroatoms. The Kier molecular flexibility index (Phi) is 3.42. The summed E-state index contributed by atoms with van der Waals surface area (Å²) in [7, 11) is -1.10. The van der Waals surface area contributed by atoms with Gasteiger partial charge in [0.25, 0.3) is 0 Å². The Morgan fingerprint density at radius 2 is 2.36 bits per heavy atom. The molecule has 0 fully saturated rings. The van der Waals surface area contributed by atoms with Gasteiger partial charge in [-0.25, -0.2) is 0 Å². The van der Waals surface area contributed by atoms with Gasteiger partial charge < -0.3 is 4.43 Å². The Morgan fingerprint density at radius 3 is 2.82 bits per heavy atom. The van der Waals surface area contributed by atoms with Gasteiger partial charge in [-0.2, -0.15) is 12.6 Å². The van der Waals surface area contributed by atoms with Crippen LogP contribution in [0, 0.1) is 0 Å². The molecule has 0 spiro atoms. The van der Waals surface area contributed by atoms with E-state index in [0.29, 0.717) is 0 Å². The van der Waals surface area contributed by atoms with E-state index in [9.17, 15) is 0 Å². The molecule has 0 radical (unpaired) electrons. The maximum atomic E-state index is 5.61. The standard InChI is InChI=1S/C8H14OSSi/c1-3-9-11-5-4-8(6-10)7(11)2/h4-5,10-11H,3,6H2,1-2H3. The third-order valence-corrected chi connectivity index (χ3v) is 4.72. The maximum Gasteiger partial charge on any atom is 0.228 e. The summed E-state index contributed by atoms with van der Waals surface area (Å²) < 4.78 is 5.61. The van der Waals surface area contributed by atoms with Crippen molar-refractivity contribution in [2.45, 2.75) is 13.8 Å². The summed E-state index contributed by atoms with van der Waals surface area (Å²) in [6.45, 7) is 5.04. The van der Waals surface area contributed by atoms with Crippen LogP contribution in [0.5, 0.6) is 0 Å². The molecule has 1 atom stereocenters. The van der Waals surface area contributed by atoms with Crippen molar-refractivity contribution >= 4 is 21.7 Å². The quantitative estimate of drug-likeness (QED) is 0.521. The molecule has 1 nitrogen and oxygen atoms in total. The SMILES string of the molecule is CCO[SiH]1C=CC(CS)=C1C. The first kappa shape index (κ1) is 9.10. The van der Waals surface area contributed by atoms with Gasteiger partial charge in [0.2, 0.25) is 9.04 Å². The van der Waals surface area contributed by atoms with Crippen LogP contribution in [0.3, 0.4) is 0 Å². The number of hydrogen-bond acceptors (Lipinski definition) is 2. The van der Waals surface area contributed by atoms with Crippen molar-refractivity contribution in [3.8, 4) is 0 Å². The van der Waals surface area contributed by atoms with Crippen molar-refractivity contribution in [3.05, 3.63) is 22.5 Å². The Labute approximate surface area is 75.3 Å². The van der Waals surface area contributed by atoms with E-state index in [1.807, 2.05) is 6.92 Å². The van der Waals surface area contributed by atoms with Crippen LogP contribution < -0.4 is 0 Å². The average Bonchev–Trinajstić information content (AvgIpc) is 2.34. The molecule has 0 aliphatic carbocycles. The lowest BCUT2D eigenvalue weighted by molar-refractivity contribution is 0.355. The van der Waals surface area contributed by atoms with Crippen LogP contribution in [0.15, 0.2) is 22.5 Å². The van der Waals surface area contributed by atoms with Gasteiger partial charge in [0.15, 0.2) is 0 Å². The highest BCUT2D eigenvalue weighted by molar-refractivity contribution is 7.80. The van der Waals surface area contributed by atoms with Crippen molar-refractivity contribution in [1.29, 1.82) is 0 Å². The second-order valence-corrected chi connectivity index (χ2v) is 5.34. The van der Waals surface area contributed by atoms with Gasteiger partial charge in [0, 0.05) is 12.4 Å². The zero-order chi connectivity index (χ0) is 8.27. The molecule has 0 N–H and O–H groups in total. The van der Waals surface area contributed by atoms with Gasteiger partial charge in [-0.05, 0) is 19.4 Å². The smallest absolute Gasteiger partial charge is 0.228 e. The second-order valence-electron chi connectivity index (χ2n) is 2.60. The summed E-state index contributed by atoms with van der Waals surface area (Å²) in [4.78, 5) is 0. The fraction of sp³-hybridized carbons (Fsp3) is 0.500. The minimum Gasteiger partial charge on any atom is -0.412 e. The van der Waals surface area contributed by atoms with Gasteiger partial charge in [0.1, 0.15) is 0 Å². The molecule has 1 rings (SSSR count). The molecule has 1 aliphatic heterocycles. The van der Waals surface area contributed by atoms with Crippen LogP contribution in [-0.4, -0.2) is 21.4 Å². The van der Waals surface area contributed by atoms with Crippen LogP contribution in [0.4, 0.5) is 0 Å². The molecule has 1 aliphatic rings. The molecule has 0 aromatic rings. The lowest BCUT2D eigenvalue weighted by Gasteiger charge is -2.08. The van der Waals surface area contributed by atoms with Crippen molar-refractivity contribution in [2.24, 2.45) is 0 Å². The van der Waals surface area contributed by atoms with E-state index < -0.39 is 9.04 Å². The first-order valence-corrected chi connectivity index (χ1v) is 6.24. The summed E-state index contributed by atoms with van der Waals surface area (Å²) in [5.74, 6) is 0.846. The number of rotatable bonds is 3. The Bertz CT molecular complexity index is 198. The molecule has 0 aromatic heterocycles. The number of thiol groups is 1. The third-order valence-electron chi connectivity index (χ3n) is 1.92. The largest absolute Gasteiger partial charge is 0.412 e. The first-order chi connectivity index (χ1) is 5.29. The number of allylic oxidation sites excluding steroid dienone is 2. The van der Waals surface area contributed by atoms with Crippen molar-refractivity contribution < 1.29 is 4.43 Å². The minimum absolute atomic E-state index is 0.832. The van der Waals surface area contributed by atoms with E-state index in [0.717, 1.165) is 12.4 Å². The Balaban J connectivity index is 2.62. The zero-order valence-corrected chi connectivity index (χ0v) is 9.05. The topological polar surface area (TPSA) is 9.23 Å². The summed E-state index contributed by atoms with van der Waals surface area (Å²) in [6.07, 6.45) is 2.16. The molecular formula is C8H14OSSi. The van der Waals surface area contributed by atoms with E-state index in [1.54, 1.807) is 0 Å². The van der Waals surface area contributed by atoms with Crippen LogP contribution in [0.25, 0.3) is 0 Å². The molecule has 1 unspecified atom stereocenters. The summed E-state index contributed by atoms with van der Waals surface area (Å²) in [5.41, 5.74) is 3.59. The first-order valence-electron chi connectivity index (χ1n) is 3.90. The van der Waals surface area contributed by atoms with E-state index in [1.165, 1.54) is 10.8 Å². The van der Waals surface area contributed by atoms with Crippen LogP contribution in [0.2, 0.25) is 0 Å². The minimum atomic E-state index is -1.10. The van der Waals surface area contributed by atoms with Gasteiger partial charge in [-0.3, -0.25) is 0 Å². The molecular weight excluding hydrogens is 172 g/mol. The van der Waals surface area contributed by atoms with E-state index in [2.05, 4.69) is 31.3 Å². The predicted octanol–water partition coefficient (Wildman–Crippen LogP) is 1.64. The molecule has 0 amide bonds. The van der Waals surface area contributed by atoms with Crippen molar-refractivity contribution in [1.82, 2.24) is 0 Å². The van der Waals surface area contributed by atoms with E-state index in [4.69, 9.17) is 4.43 Å². The van der Waals surface area contributed by atoms with Gasteiger partial charge in [-0.1, -0.05) is 17.0 Å². The maximum absolute atomic E-state index is 5.61. The molecule has 0 saturated carbocycles. The molecule has 0 bridgehead atoms. The summed E-state index contributed by atoms with van der Waals surface area (Å²) >= 11 is 4.24. The second kappa shape index (κ2) is 4.14. The van der Waals surface area contributed by atoms with Gasteiger partial charge in [0.05, 0.1) is 0 Å². The lowest BCUT2D eigenvalue weighted by Crippen LogP contribution is -2.15. The monoisotopic (exact) mass is 186 g/mol. The predicted molar refractivity (Wildman–Crippen MR) is 54.5 cm³/mol. The third kappa shape index (κ3) is 1.98. The van der Waals surface area contributed by atoms with E-state index in [-0.39, 0.29) is 0 Å². The highest BCUT2D eigenvalue weighted by atomic mass is 32.1. The highest BCUT2D eigenvalue weighted by Gasteiger charge is 2.17. The Morgan fingerprint density at radius 1 is 1.64 bits per heavy atom. The molecule has 11 heavy (non-hydrogen) atoms. The lowest BCUT2D eigenvalue weighted by atomic mass is 10.3.